The summed E-state index contributed by atoms with van der Waals surface area (Å²) in [7, 11) is 0. The van der Waals surface area contributed by atoms with E-state index in [1.807, 2.05) is 12.1 Å². The summed E-state index contributed by atoms with van der Waals surface area (Å²) in [5.41, 5.74) is 1.71. The molecule has 7 heteroatoms. The Labute approximate surface area is 190 Å². The number of hydrogen-bond acceptors (Lipinski definition) is 5. The van der Waals surface area contributed by atoms with Crippen LogP contribution in [0.3, 0.4) is 0 Å². The van der Waals surface area contributed by atoms with Crippen LogP contribution in [0.5, 0.6) is 0 Å². The van der Waals surface area contributed by atoms with E-state index in [4.69, 9.17) is 0 Å². The summed E-state index contributed by atoms with van der Waals surface area (Å²) in [5.74, 6) is 0.302. The van der Waals surface area contributed by atoms with Gasteiger partial charge in [0.1, 0.15) is 6.04 Å². The molecule has 1 N–H and O–H groups in total. The number of carbonyl (C=O) groups excluding carboxylic acids is 3. The monoisotopic (exact) mass is 445 g/mol. The molecule has 1 unspecified atom stereocenters. The fraction of sp³-hybridized carbons (Fsp3) is 0.625. The lowest BCUT2D eigenvalue weighted by atomic mass is 10.0. The van der Waals surface area contributed by atoms with Gasteiger partial charge in [0.2, 0.25) is 11.8 Å². The van der Waals surface area contributed by atoms with E-state index in [0.29, 0.717) is 30.6 Å². The highest BCUT2D eigenvalue weighted by Gasteiger charge is 2.39. The molecule has 1 saturated heterocycles. The number of imide groups is 1. The summed E-state index contributed by atoms with van der Waals surface area (Å²) >= 11 is 1.80. The van der Waals surface area contributed by atoms with E-state index in [1.165, 1.54) is 12.8 Å². The summed E-state index contributed by atoms with van der Waals surface area (Å²) in [6, 6.07) is 6.44. The van der Waals surface area contributed by atoms with Crippen LogP contribution in [-0.2, 0) is 16.1 Å². The summed E-state index contributed by atoms with van der Waals surface area (Å²) in [6.45, 7) is 10.6. The smallest absolute Gasteiger partial charge is 0.255 e. The topological polar surface area (TPSA) is 69.7 Å². The summed E-state index contributed by atoms with van der Waals surface area (Å²) in [6.07, 6.45) is 4.22. The van der Waals surface area contributed by atoms with Crippen LogP contribution in [0.2, 0.25) is 0 Å². The number of carbonyl (C=O) groups is 3. The fourth-order valence-corrected chi connectivity index (χ4v) is 5.65. The summed E-state index contributed by atoms with van der Waals surface area (Å²) in [4.78, 5) is 41.9. The lowest BCUT2D eigenvalue weighted by molar-refractivity contribution is -0.136. The Morgan fingerprint density at radius 2 is 1.84 bits per heavy atom. The molecule has 0 bridgehead atoms. The van der Waals surface area contributed by atoms with Crippen LogP contribution < -0.4 is 5.32 Å². The van der Waals surface area contributed by atoms with E-state index in [9.17, 15) is 14.4 Å². The number of thioether (sulfide) groups is 1. The first-order valence-corrected chi connectivity index (χ1v) is 12.4. The lowest BCUT2D eigenvalue weighted by Crippen LogP contribution is -2.52. The van der Waals surface area contributed by atoms with Crippen molar-refractivity contribution in [3.05, 3.63) is 29.3 Å². The van der Waals surface area contributed by atoms with Gasteiger partial charge in [0, 0.05) is 35.5 Å². The average molecular weight is 446 g/mol. The van der Waals surface area contributed by atoms with Crippen LogP contribution in [-0.4, -0.2) is 57.9 Å². The molecular formula is C24H35N3O3S. The van der Waals surface area contributed by atoms with Gasteiger partial charge >= 0.3 is 0 Å². The highest BCUT2D eigenvalue weighted by molar-refractivity contribution is 7.99. The van der Waals surface area contributed by atoms with Crippen LogP contribution in [0.4, 0.5) is 0 Å². The maximum absolute atomic E-state index is 12.9. The van der Waals surface area contributed by atoms with Gasteiger partial charge in [-0.1, -0.05) is 12.5 Å². The summed E-state index contributed by atoms with van der Waals surface area (Å²) < 4.78 is 0. The van der Waals surface area contributed by atoms with Crippen LogP contribution in [0, 0.1) is 0 Å². The molecular weight excluding hydrogens is 410 g/mol. The van der Waals surface area contributed by atoms with Gasteiger partial charge in [0.25, 0.3) is 5.91 Å². The highest BCUT2D eigenvalue weighted by Crippen LogP contribution is 2.34. The molecule has 2 aliphatic heterocycles. The van der Waals surface area contributed by atoms with Crippen molar-refractivity contribution >= 4 is 29.5 Å². The quantitative estimate of drug-likeness (QED) is 0.337. The van der Waals surface area contributed by atoms with Crippen molar-refractivity contribution in [3.8, 4) is 0 Å². The molecule has 3 rings (SSSR count). The van der Waals surface area contributed by atoms with Gasteiger partial charge in [0.15, 0.2) is 0 Å². The van der Waals surface area contributed by atoms with Crippen LogP contribution in [0.25, 0.3) is 0 Å². The number of rotatable bonds is 10. The minimum absolute atomic E-state index is 0.102. The van der Waals surface area contributed by atoms with Gasteiger partial charge < -0.3 is 4.90 Å². The Kier molecular flexibility index (Phi) is 8.17. The molecule has 3 amide bonds. The van der Waals surface area contributed by atoms with Crippen molar-refractivity contribution in [1.29, 1.82) is 0 Å². The first-order chi connectivity index (χ1) is 14.8. The highest BCUT2D eigenvalue weighted by atomic mass is 32.2. The number of nitrogens with one attached hydrogen (secondary N) is 1. The van der Waals surface area contributed by atoms with Crippen molar-refractivity contribution < 1.29 is 14.4 Å². The van der Waals surface area contributed by atoms with E-state index in [-0.39, 0.29) is 24.1 Å². The SMILES string of the molecule is CC(C)N(CCCCCSc1cccc2c1CN(C1CCC(=O)NC1=O)C2=O)C(C)C. The van der Waals surface area contributed by atoms with Gasteiger partial charge in [-0.3, -0.25) is 24.6 Å². The third-order valence-electron chi connectivity index (χ3n) is 6.18. The Bertz CT molecular complexity index is 816. The third-order valence-corrected chi connectivity index (χ3v) is 7.37. The van der Waals surface area contributed by atoms with Gasteiger partial charge in [-0.15, -0.1) is 11.8 Å². The number of amides is 3. The molecule has 0 aromatic heterocycles. The number of fused-ring (bicyclic) bond motifs is 1. The maximum Gasteiger partial charge on any atom is 0.255 e. The molecule has 1 atom stereocenters. The number of piperidine rings is 1. The van der Waals surface area contributed by atoms with Gasteiger partial charge in [-0.05, 0) is 77.0 Å². The molecule has 31 heavy (non-hydrogen) atoms. The molecule has 0 aliphatic carbocycles. The van der Waals surface area contributed by atoms with E-state index >= 15 is 0 Å². The standard InChI is InChI=1S/C24H35N3O3S/c1-16(2)26(17(3)4)13-6-5-7-14-31-21-10-8-9-18-19(21)15-27(24(18)30)20-11-12-22(28)25-23(20)29/h8-10,16-17,20H,5-7,11-15H2,1-4H3,(H,25,28,29). The van der Waals surface area contributed by atoms with Crippen molar-refractivity contribution in [2.75, 3.05) is 12.3 Å². The normalized spacial score (nSPS) is 19.0. The average Bonchev–Trinajstić information content (AvgIpc) is 3.04. The van der Waals surface area contributed by atoms with Gasteiger partial charge in [-0.25, -0.2) is 0 Å². The van der Waals surface area contributed by atoms with E-state index in [1.54, 1.807) is 16.7 Å². The van der Waals surface area contributed by atoms with Crippen molar-refractivity contribution in [2.24, 2.45) is 0 Å². The zero-order chi connectivity index (χ0) is 22.5. The first kappa shape index (κ1) is 23.8. The molecule has 170 valence electrons. The fourth-order valence-electron chi connectivity index (χ4n) is 4.56. The Balaban J connectivity index is 1.52. The first-order valence-electron chi connectivity index (χ1n) is 11.4. The van der Waals surface area contributed by atoms with Crippen LogP contribution in [0.1, 0.15) is 75.7 Å². The minimum Gasteiger partial charge on any atom is -0.322 e. The molecule has 6 nitrogen and oxygen atoms in total. The van der Waals surface area contributed by atoms with Crippen LogP contribution in [0.15, 0.2) is 23.1 Å². The molecule has 2 aliphatic rings. The van der Waals surface area contributed by atoms with Gasteiger partial charge in [0.05, 0.1) is 0 Å². The molecule has 1 aromatic carbocycles. The number of benzene rings is 1. The maximum atomic E-state index is 12.9. The van der Waals surface area contributed by atoms with E-state index in [2.05, 4.69) is 44.0 Å². The van der Waals surface area contributed by atoms with E-state index in [0.717, 1.165) is 29.2 Å². The zero-order valence-corrected chi connectivity index (χ0v) is 20.0. The van der Waals surface area contributed by atoms with Crippen LogP contribution >= 0.6 is 11.8 Å². The predicted octanol–water partition coefficient (Wildman–Crippen LogP) is 3.83. The largest absolute Gasteiger partial charge is 0.322 e. The third kappa shape index (κ3) is 5.69. The lowest BCUT2D eigenvalue weighted by Gasteiger charge is -2.30. The molecule has 0 radical (unpaired) electrons. The second-order valence-electron chi connectivity index (χ2n) is 9.02. The summed E-state index contributed by atoms with van der Waals surface area (Å²) in [5, 5.41) is 2.36. The van der Waals surface area contributed by atoms with Crippen molar-refractivity contribution in [1.82, 2.24) is 15.1 Å². The van der Waals surface area contributed by atoms with Crippen molar-refractivity contribution in [2.45, 2.75) is 89.4 Å². The Morgan fingerprint density at radius 1 is 1.10 bits per heavy atom. The number of unbranched alkanes of at least 4 members (excludes halogenated alkanes) is 2. The molecule has 1 aromatic rings. The van der Waals surface area contributed by atoms with Gasteiger partial charge in [-0.2, -0.15) is 0 Å². The minimum atomic E-state index is -0.555. The Morgan fingerprint density at radius 3 is 2.52 bits per heavy atom. The molecule has 2 heterocycles. The van der Waals surface area contributed by atoms with E-state index < -0.39 is 6.04 Å². The second kappa shape index (κ2) is 10.6. The van der Waals surface area contributed by atoms with Crippen molar-refractivity contribution in [3.63, 3.8) is 0 Å². The number of nitrogens with zero attached hydrogens (tertiary/aromatic N) is 2. The zero-order valence-electron chi connectivity index (χ0n) is 19.1. The predicted molar refractivity (Wildman–Crippen MR) is 124 cm³/mol. The number of hydrogen-bond donors (Lipinski definition) is 1. The molecule has 0 saturated carbocycles. The molecule has 0 spiro atoms. The second-order valence-corrected chi connectivity index (χ2v) is 10.2. The molecule has 1 fully saturated rings. The Hall–Kier alpha value is -1.86.